The number of halogens is 2. The van der Waals surface area contributed by atoms with E-state index in [1.54, 1.807) is 4.90 Å². The number of hydrogen-bond acceptors (Lipinski definition) is 3. The molecule has 1 fully saturated rings. The van der Waals surface area contributed by atoms with Crippen LogP contribution in [-0.4, -0.2) is 14.8 Å². The standard InChI is InChI=1S/C22H16BrClN2OS2/c1-13-11-15(14(2)25(13)18-9-5-17(24)6-10-18)12-20-21(27)26(22(28)29-20)19-7-3-16(23)4-8-19/h3-12H,1-2H3/b20-12+. The van der Waals surface area contributed by atoms with Gasteiger partial charge >= 0.3 is 0 Å². The summed E-state index contributed by atoms with van der Waals surface area (Å²) in [4.78, 5) is 15.2. The molecule has 0 aliphatic carbocycles. The van der Waals surface area contributed by atoms with Crippen LogP contribution < -0.4 is 4.90 Å². The van der Waals surface area contributed by atoms with Gasteiger partial charge in [-0.2, -0.15) is 0 Å². The molecule has 1 saturated heterocycles. The molecule has 0 saturated carbocycles. The zero-order valence-corrected chi connectivity index (χ0v) is 19.6. The van der Waals surface area contributed by atoms with Crippen molar-refractivity contribution in [3.05, 3.63) is 85.9 Å². The third-order valence-electron chi connectivity index (χ3n) is 4.72. The van der Waals surface area contributed by atoms with E-state index in [1.807, 2.05) is 68.5 Å². The molecule has 0 atom stereocenters. The van der Waals surface area contributed by atoms with E-state index in [4.69, 9.17) is 23.8 Å². The topological polar surface area (TPSA) is 25.2 Å². The lowest BCUT2D eigenvalue weighted by Crippen LogP contribution is -2.27. The molecule has 0 spiro atoms. The van der Waals surface area contributed by atoms with Gasteiger partial charge in [0.2, 0.25) is 0 Å². The number of aromatic nitrogens is 1. The summed E-state index contributed by atoms with van der Waals surface area (Å²) in [7, 11) is 0. The predicted molar refractivity (Wildman–Crippen MR) is 130 cm³/mol. The molecule has 3 aromatic rings. The Labute approximate surface area is 192 Å². The van der Waals surface area contributed by atoms with Crippen molar-refractivity contribution in [2.24, 2.45) is 0 Å². The lowest BCUT2D eigenvalue weighted by Gasteiger charge is -2.14. The first kappa shape index (κ1) is 20.4. The van der Waals surface area contributed by atoms with Crippen molar-refractivity contribution in [1.29, 1.82) is 0 Å². The highest BCUT2D eigenvalue weighted by atomic mass is 79.9. The van der Waals surface area contributed by atoms with Crippen molar-refractivity contribution in [2.75, 3.05) is 4.90 Å². The van der Waals surface area contributed by atoms with Gasteiger partial charge in [0.15, 0.2) is 4.32 Å². The first-order valence-corrected chi connectivity index (χ1v) is 11.2. The number of aryl methyl sites for hydroxylation is 1. The third-order valence-corrected chi connectivity index (χ3v) is 6.80. The zero-order chi connectivity index (χ0) is 20.7. The number of rotatable bonds is 3. The molecular formula is C22H16BrClN2OS2. The summed E-state index contributed by atoms with van der Waals surface area (Å²) < 4.78 is 3.64. The van der Waals surface area contributed by atoms with E-state index in [0.29, 0.717) is 14.2 Å². The van der Waals surface area contributed by atoms with Crippen LogP contribution in [0.5, 0.6) is 0 Å². The lowest BCUT2D eigenvalue weighted by molar-refractivity contribution is -0.113. The molecule has 3 nitrogen and oxygen atoms in total. The van der Waals surface area contributed by atoms with E-state index in [0.717, 1.165) is 32.8 Å². The van der Waals surface area contributed by atoms with E-state index in [1.165, 1.54) is 11.8 Å². The molecule has 1 amide bonds. The minimum absolute atomic E-state index is 0.0985. The van der Waals surface area contributed by atoms with Gasteiger partial charge in [-0.25, -0.2) is 0 Å². The number of anilines is 1. The SMILES string of the molecule is Cc1cc(/C=C2/SC(=S)N(c3ccc(Br)cc3)C2=O)c(C)n1-c1ccc(Cl)cc1. The maximum absolute atomic E-state index is 13.0. The Balaban J connectivity index is 1.69. The fraction of sp³-hybridized carbons (Fsp3) is 0.0909. The van der Waals surface area contributed by atoms with Crippen LogP contribution >= 0.6 is 51.5 Å². The van der Waals surface area contributed by atoms with Crippen LogP contribution in [0.4, 0.5) is 5.69 Å². The molecule has 0 bridgehead atoms. The van der Waals surface area contributed by atoms with Crippen LogP contribution in [0.2, 0.25) is 5.02 Å². The summed E-state index contributed by atoms with van der Waals surface area (Å²) in [5.41, 5.74) is 4.93. The Morgan fingerprint density at radius 3 is 2.31 bits per heavy atom. The second-order valence-electron chi connectivity index (χ2n) is 6.63. The normalized spacial score (nSPS) is 15.6. The van der Waals surface area contributed by atoms with Gasteiger partial charge in [0.05, 0.1) is 10.6 Å². The smallest absolute Gasteiger partial charge is 0.270 e. The average Bonchev–Trinajstić information content (AvgIpc) is 3.12. The molecule has 1 aliphatic heterocycles. The first-order chi connectivity index (χ1) is 13.8. The molecule has 2 aromatic carbocycles. The summed E-state index contributed by atoms with van der Waals surface area (Å²) in [6.45, 7) is 4.09. The number of thiocarbonyl (C=S) groups is 1. The van der Waals surface area contributed by atoms with Crippen molar-refractivity contribution < 1.29 is 4.79 Å². The van der Waals surface area contributed by atoms with Crippen LogP contribution in [0.3, 0.4) is 0 Å². The number of thioether (sulfide) groups is 1. The largest absolute Gasteiger partial charge is 0.318 e. The minimum atomic E-state index is -0.0985. The van der Waals surface area contributed by atoms with Gasteiger partial charge in [0, 0.05) is 26.6 Å². The molecule has 4 rings (SSSR count). The Kier molecular flexibility index (Phi) is 5.71. The van der Waals surface area contributed by atoms with E-state index in [-0.39, 0.29) is 5.91 Å². The summed E-state index contributed by atoms with van der Waals surface area (Å²) in [6.07, 6.45) is 1.92. The Morgan fingerprint density at radius 2 is 1.66 bits per heavy atom. The second-order valence-corrected chi connectivity index (χ2v) is 9.66. The quantitative estimate of drug-likeness (QED) is 0.287. The van der Waals surface area contributed by atoms with E-state index in [2.05, 4.69) is 26.6 Å². The van der Waals surface area contributed by atoms with E-state index in [9.17, 15) is 4.79 Å². The third kappa shape index (κ3) is 3.94. The number of nitrogens with zero attached hydrogens (tertiary/aromatic N) is 2. The molecule has 7 heteroatoms. The van der Waals surface area contributed by atoms with Crippen molar-refractivity contribution in [2.45, 2.75) is 13.8 Å². The van der Waals surface area contributed by atoms with Crippen LogP contribution in [0, 0.1) is 13.8 Å². The van der Waals surface area contributed by atoms with Crippen molar-refractivity contribution in [1.82, 2.24) is 4.57 Å². The number of carbonyl (C=O) groups is 1. The monoisotopic (exact) mass is 502 g/mol. The minimum Gasteiger partial charge on any atom is -0.318 e. The van der Waals surface area contributed by atoms with Gasteiger partial charge in [-0.1, -0.05) is 51.5 Å². The fourth-order valence-electron chi connectivity index (χ4n) is 3.34. The summed E-state index contributed by atoms with van der Waals surface area (Å²) in [5.74, 6) is -0.0985. The van der Waals surface area contributed by atoms with Gasteiger partial charge in [-0.3, -0.25) is 9.69 Å². The number of carbonyl (C=O) groups excluding carboxylic acids is 1. The summed E-state index contributed by atoms with van der Waals surface area (Å²) in [5, 5.41) is 0.702. The molecule has 146 valence electrons. The van der Waals surface area contributed by atoms with Crippen LogP contribution in [0.1, 0.15) is 17.0 Å². The predicted octanol–water partition coefficient (Wildman–Crippen LogP) is 6.92. The summed E-state index contributed by atoms with van der Waals surface area (Å²) in [6, 6.07) is 17.4. The molecule has 2 heterocycles. The molecule has 1 aromatic heterocycles. The number of hydrogen-bond donors (Lipinski definition) is 0. The highest BCUT2D eigenvalue weighted by Crippen LogP contribution is 2.37. The number of amides is 1. The highest BCUT2D eigenvalue weighted by Gasteiger charge is 2.33. The number of benzene rings is 2. The Hall–Kier alpha value is -1.86. The van der Waals surface area contributed by atoms with Crippen LogP contribution in [0.25, 0.3) is 11.8 Å². The second kappa shape index (κ2) is 8.11. The zero-order valence-electron chi connectivity index (χ0n) is 15.6. The Bertz CT molecular complexity index is 1150. The average molecular weight is 504 g/mol. The van der Waals surface area contributed by atoms with Crippen molar-refractivity contribution in [3.63, 3.8) is 0 Å². The van der Waals surface area contributed by atoms with E-state index < -0.39 is 0 Å². The van der Waals surface area contributed by atoms with Gasteiger partial charge in [0.1, 0.15) is 0 Å². The highest BCUT2D eigenvalue weighted by molar-refractivity contribution is 9.10. The maximum atomic E-state index is 13.0. The molecule has 0 N–H and O–H groups in total. The van der Waals surface area contributed by atoms with Gasteiger partial charge in [0.25, 0.3) is 5.91 Å². The van der Waals surface area contributed by atoms with Gasteiger partial charge in [-0.05, 0) is 80.1 Å². The fourth-order valence-corrected chi connectivity index (χ4v) is 5.02. The molecular weight excluding hydrogens is 488 g/mol. The molecule has 0 unspecified atom stereocenters. The molecule has 1 aliphatic rings. The molecule has 29 heavy (non-hydrogen) atoms. The van der Waals surface area contributed by atoms with Crippen molar-refractivity contribution in [3.8, 4) is 5.69 Å². The van der Waals surface area contributed by atoms with E-state index >= 15 is 0 Å². The first-order valence-electron chi connectivity index (χ1n) is 8.83. The van der Waals surface area contributed by atoms with Crippen LogP contribution in [0.15, 0.2) is 64.0 Å². The molecule has 0 radical (unpaired) electrons. The van der Waals surface area contributed by atoms with Gasteiger partial charge in [-0.15, -0.1) is 0 Å². The van der Waals surface area contributed by atoms with Crippen LogP contribution in [-0.2, 0) is 4.79 Å². The summed E-state index contributed by atoms with van der Waals surface area (Å²) >= 11 is 16.2. The Morgan fingerprint density at radius 1 is 1.03 bits per heavy atom. The lowest BCUT2D eigenvalue weighted by atomic mass is 10.2. The van der Waals surface area contributed by atoms with Gasteiger partial charge < -0.3 is 4.57 Å². The van der Waals surface area contributed by atoms with Crippen molar-refractivity contribution >= 4 is 73.5 Å². The maximum Gasteiger partial charge on any atom is 0.270 e.